The minimum absolute atomic E-state index is 0. The minimum atomic E-state index is -0.409. The Morgan fingerprint density at radius 2 is 1.92 bits per heavy atom. The molecule has 0 saturated heterocycles. The number of nitrogens with one attached hydrogen (secondary N) is 3. The summed E-state index contributed by atoms with van der Waals surface area (Å²) in [6, 6.07) is 6.35. The second kappa shape index (κ2) is 10.9. The number of aromatic nitrogens is 1. The van der Waals surface area contributed by atoms with Gasteiger partial charge in [-0.1, -0.05) is 0 Å². The second-order valence-electron chi connectivity index (χ2n) is 5.32. The van der Waals surface area contributed by atoms with Crippen molar-refractivity contribution in [1.29, 1.82) is 0 Å². The lowest BCUT2D eigenvalue weighted by atomic mass is 10.3. The molecule has 0 radical (unpaired) electrons. The molecule has 1 aromatic carbocycles. The van der Waals surface area contributed by atoms with E-state index in [9.17, 15) is 10.1 Å². The maximum Gasteiger partial charge on any atom is 0.269 e. The van der Waals surface area contributed by atoms with Crippen LogP contribution in [0.2, 0.25) is 0 Å². The third-order valence-corrected chi connectivity index (χ3v) is 4.54. The molecule has 2 rings (SSSR count). The van der Waals surface area contributed by atoms with Gasteiger partial charge in [-0.2, -0.15) is 0 Å². The zero-order valence-corrected chi connectivity index (χ0v) is 18.1. The van der Waals surface area contributed by atoms with Crippen LogP contribution < -0.4 is 16.0 Å². The van der Waals surface area contributed by atoms with Crippen molar-refractivity contribution in [2.75, 3.05) is 25.5 Å². The van der Waals surface area contributed by atoms with Crippen LogP contribution in [0.5, 0.6) is 0 Å². The zero-order valence-electron chi connectivity index (χ0n) is 14.9. The molecule has 0 aliphatic heterocycles. The fourth-order valence-corrected chi connectivity index (χ4v) is 3.09. The predicted molar refractivity (Wildman–Crippen MR) is 117 cm³/mol. The highest BCUT2D eigenvalue weighted by Gasteiger charge is 2.06. The Labute approximate surface area is 173 Å². The van der Waals surface area contributed by atoms with E-state index in [1.165, 1.54) is 17.0 Å². The van der Waals surface area contributed by atoms with Crippen molar-refractivity contribution >= 4 is 52.6 Å². The summed E-state index contributed by atoms with van der Waals surface area (Å²) in [5, 5.41) is 21.4. The zero-order chi connectivity index (χ0) is 18.2. The second-order valence-corrected chi connectivity index (χ2v) is 6.61. The summed E-state index contributed by atoms with van der Waals surface area (Å²) in [6.07, 6.45) is 0. The van der Waals surface area contributed by atoms with E-state index < -0.39 is 4.92 Å². The minimum Gasteiger partial charge on any atom is -0.383 e. The summed E-state index contributed by atoms with van der Waals surface area (Å²) in [5.74, 6) is 0.718. The summed E-state index contributed by atoms with van der Waals surface area (Å²) >= 11 is 1.68. The third-order valence-electron chi connectivity index (χ3n) is 3.46. The molecule has 0 atom stereocenters. The number of thiazole rings is 1. The van der Waals surface area contributed by atoms with E-state index in [-0.39, 0.29) is 29.7 Å². The number of rotatable bonds is 7. The molecule has 0 bridgehead atoms. The number of nitro groups is 1. The highest BCUT2D eigenvalue weighted by Crippen LogP contribution is 2.16. The van der Waals surface area contributed by atoms with Crippen LogP contribution in [0.15, 0.2) is 29.3 Å². The van der Waals surface area contributed by atoms with E-state index in [0.29, 0.717) is 19.6 Å². The summed E-state index contributed by atoms with van der Waals surface area (Å²) in [4.78, 5) is 20.0. The van der Waals surface area contributed by atoms with Gasteiger partial charge < -0.3 is 16.0 Å². The topological polar surface area (TPSA) is 104 Å². The smallest absolute Gasteiger partial charge is 0.269 e. The van der Waals surface area contributed by atoms with Crippen LogP contribution in [0, 0.1) is 24.0 Å². The number of guanidine groups is 1. The Balaban J connectivity index is 0.00000338. The van der Waals surface area contributed by atoms with E-state index in [0.717, 1.165) is 22.3 Å². The van der Waals surface area contributed by atoms with Gasteiger partial charge in [-0.3, -0.25) is 15.1 Å². The SMILES string of the molecule is CN=C(NCCNc1ccc([N+](=O)[O-])cc1)NCc1sc(C)nc1C.I. The molecular weight excluding hydrogens is 467 g/mol. The van der Waals surface area contributed by atoms with Gasteiger partial charge in [0.15, 0.2) is 5.96 Å². The van der Waals surface area contributed by atoms with Crippen molar-refractivity contribution < 1.29 is 4.92 Å². The lowest BCUT2D eigenvalue weighted by molar-refractivity contribution is -0.384. The summed E-state index contributed by atoms with van der Waals surface area (Å²) in [6.45, 7) is 6.02. The molecule has 0 fully saturated rings. The Hall–Kier alpha value is -1.95. The van der Waals surface area contributed by atoms with Gasteiger partial charge in [-0.05, 0) is 26.0 Å². The number of halogens is 1. The normalized spacial score (nSPS) is 10.8. The fraction of sp³-hybridized carbons (Fsp3) is 0.375. The Bertz CT molecular complexity index is 748. The van der Waals surface area contributed by atoms with Crippen molar-refractivity contribution in [1.82, 2.24) is 15.6 Å². The van der Waals surface area contributed by atoms with E-state index in [2.05, 4.69) is 25.9 Å². The van der Waals surface area contributed by atoms with Gasteiger partial charge >= 0.3 is 0 Å². The van der Waals surface area contributed by atoms with Crippen LogP contribution in [0.4, 0.5) is 11.4 Å². The number of nitrogens with zero attached hydrogens (tertiary/aromatic N) is 3. The van der Waals surface area contributed by atoms with E-state index in [1.54, 1.807) is 30.5 Å². The van der Waals surface area contributed by atoms with E-state index >= 15 is 0 Å². The van der Waals surface area contributed by atoms with Crippen LogP contribution in [0.3, 0.4) is 0 Å². The maximum absolute atomic E-state index is 10.6. The monoisotopic (exact) mass is 490 g/mol. The predicted octanol–water partition coefficient (Wildman–Crippen LogP) is 3.06. The van der Waals surface area contributed by atoms with Crippen LogP contribution >= 0.6 is 35.3 Å². The van der Waals surface area contributed by atoms with Gasteiger partial charge in [0, 0.05) is 42.8 Å². The van der Waals surface area contributed by atoms with Crippen LogP contribution in [0.25, 0.3) is 0 Å². The number of aryl methyl sites for hydroxylation is 2. The Morgan fingerprint density at radius 3 is 2.46 bits per heavy atom. The standard InChI is InChI=1S/C16H22N6O2S.HI/c1-11-15(25-12(2)21-11)10-20-16(17-3)19-9-8-18-13-4-6-14(7-5-13)22(23)24;/h4-7,18H,8-10H2,1-3H3,(H2,17,19,20);1H. The van der Waals surface area contributed by atoms with Gasteiger partial charge in [-0.15, -0.1) is 35.3 Å². The number of aliphatic imine (C=N–C) groups is 1. The number of anilines is 1. The van der Waals surface area contributed by atoms with Crippen LogP contribution in [-0.2, 0) is 6.54 Å². The third kappa shape index (κ3) is 6.75. The Kier molecular flexibility index (Phi) is 9.27. The van der Waals surface area contributed by atoms with Gasteiger partial charge in [0.05, 0.1) is 22.2 Å². The van der Waals surface area contributed by atoms with Gasteiger partial charge in [0.25, 0.3) is 5.69 Å². The molecule has 0 aliphatic carbocycles. The number of hydrogen-bond acceptors (Lipinski definition) is 6. The van der Waals surface area contributed by atoms with Gasteiger partial charge in [-0.25, -0.2) is 4.98 Å². The quantitative estimate of drug-likeness (QED) is 0.138. The molecular formula is C16H23IN6O2S. The molecule has 142 valence electrons. The summed E-state index contributed by atoms with van der Waals surface area (Å²) < 4.78 is 0. The molecule has 1 aromatic heterocycles. The molecule has 3 N–H and O–H groups in total. The number of hydrogen-bond donors (Lipinski definition) is 3. The van der Waals surface area contributed by atoms with Gasteiger partial charge in [0.1, 0.15) is 0 Å². The fourth-order valence-electron chi connectivity index (χ4n) is 2.21. The van der Waals surface area contributed by atoms with Crippen LogP contribution in [0.1, 0.15) is 15.6 Å². The summed E-state index contributed by atoms with van der Waals surface area (Å²) in [7, 11) is 1.73. The first kappa shape index (κ1) is 22.1. The maximum atomic E-state index is 10.6. The lowest BCUT2D eigenvalue weighted by Gasteiger charge is -2.12. The Morgan fingerprint density at radius 1 is 1.23 bits per heavy atom. The molecule has 2 aromatic rings. The average molecular weight is 490 g/mol. The van der Waals surface area contributed by atoms with Crippen LogP contribution in [-0.4, -0.2) is 36.0 Å². The summed E-state index contributed by atoms with van der Waals surface area (Å²) in [5.41, 5.74) is 1.97. The lowest BCUT2D eigenvalue weighted by Crippen LogP contribution is -2.39. The largest absolute Gasteiger partial charge is 0.383 e. The van der Waals surface area contributed by atoms with Crippen molar-refractivity contribution in [3.63, 3.8) is 0 Å². The first-order valence-electron chi connectivity index (χ1n) is 7.85. The van der Waals surface area contributed by atoms with Crippen molar-refractivity contribution in [3.8, 4) is 0 Å². The highest BCUT2D eigenvalue weighted by molar-refractivity contribution is 14.0. The molecule has 10 heteroatoms. The molecule has 8 nitrogen and oxygen atoms in total. The van der Waals surface area contributed by atoms with E-state index in [1.807, 2.05) is 13.8 Å². The van der Waals surface area contributed by atoms with Crippen molar-refractivity contribution in [3.05, 3.63) is 50.0 Å². The molecule has 0 aliphatic rings. The molecule has 0 spiro atoms. The molecule has 0 saturated carbocycles. The van der Waals surface area contributed by atoms with Gasteiger partial charge in [0.2, 0.25) is 0 Å². The molecule has 0 amide bonds. The highest BCUT2D eigenvalue weighted by atomic mass is 127. The van der Waals surface area contributed by atoms with Crippen molar-refractivity contribution in [2.24, 2.45) is 4.99 Å². The first-order valence-corrected chi connectivity index (χ1v) is 8.67. The number of non-ortho nitro benzene ring substituents is 1. The molecule has 26 heavy (non-hydrogen) atoms. The number of nitro benzene ring substituents is 1. The molecule has 0 unspecified atom stereocenters. The van der Waals surface area contributed by atoms with E-state index in [4.69, 9.17) is 0 Å². The number of benzene rings is 1. The first-order chi connectivity index (χ1) is 12.0. The molecule has 1 heterocycles. The average Bonchev–Trinajstić information content (AvgIpc) is 2.92. The van der Waals surface area contributed by atoms with Crippen molar-refractivity contribution in [2.45, 2.75) is 20.4 Å².